The molecule has 0 N–H and O–H groups in total. The molecule has 0 spiro atoms. The number of carbonyl (C=O) groups is 2. The van der Waals surface area contributed by atoms with Gasteiger partial charge in [0.05, 0.1) is 17.4 Å². The van der Waals surface area contributed by atoms with Crippen molar-refractivity contribution in [2.45, 2.75) is 19.9 Å². The third kappa shape index (κ3) is 3.76. The van der Waals surface area contributed by atoms with Crippen LogP contribution in [0.2, 0.25) is 0 Å². The second-order valence-corrected chi connectivity index (χ2v) is 7.15. The van der Waals surface area contributed by atoms with Crippen molar-refractivity contribution in [2.75, 3.05) is 31.1 Å². The number of hydrogen-bond acceptors (Lipinski definition) is 4. The monoisotopic (exact) mass is 376 g/mol. The van der Waals surface area contributed by atoms with E-state index >= 15 is 0 Å². The van der Waals surface area contributed by atoms with E-state index < -0.39 is 0 Å². The number of para-hydroxylation sites is 2. The van der Waals surface area contributed by atoms with E-state index in [1.807, 2.05) is 58.0 Å². The van der Waals surface area contributed by atoms with Crippen molar-refractivity contribution in [3.05, 3.63) is 60.4 Å². The lowest BCUT2D eigenvalue weighted by atomic mass is 10.1. The largest absolute Gasteiger partial charge is 0.368 e. The van der Waals surface area contributed by atoms with E-state index in [-0.39, 0.29) is 11.7 Å². The minimum atomic E-state index is 0.0765. The van der Waals surface area contributed by atoms with Gasteiger partial charge in [-0.25, -0.2) is 4.98 Å². The molecule has 0 aliphatic carbocycles. The van der Waals surface area contributed by atoms with Gasteiger partial charge >= 0.3 is 0 Å². The van der Waals surface area contributed by atoms with Gasteiger partial charge in [0.2, 0.25) is 5.91 Å². The highest BCUT2D eigenvalue weighted by molar-refractivity contribution is 5.94. The number of aryl methyl sites for hydroxylation is 1. The second kappa shape index (κ2) is 7.84. The Kier molecular flexibility index (Phi) is 5.10. The summed E-state index contributed by atoms with van der Waals surface area (Å²) in [6.45, 7) is 5.27. The van der Waals surface area contributed by atoms with Crippen molar-refractivity contribution >= 4 is 28.4 Å². The standard InChI is InChI=1S/C22H24N4O2/c1-17(27)18-6-8-19(9-7-18)24-12-14-25(15-13-24)22(28)10-11-26-16-23-20-4-2-3-5-21(20)26/h2-9,16H,10-15H2,1H3. The first-order valence-corrected chi connectivity index (χ1v) is 9.65. The van der Waals surface area contributed by atoms with Gasteiger partial charge in [-0.1, -0.05) is 12.1 Å². The molecule has 1 saturated heterocycles. The van der Waals surface area contributed by atoms with Crippen LogP contribution in [0.3, 0.4) is 0 Å². The molecule has 0 unspecified atom stereocenters. The highest BCUT2D eigenvalue weighted by Crippen LogP contribution is 2.18. The highest BCUT2D eigenvalue weighted by atomic mass is 16.2. The molecule has 1 fully saturated rings. The molecule has 0 bridgehead atoms. The predicted octanol–water partition coefficient (Wildman–Crippen LogP) is 2.98. The molecule has 2 heterocycles. The van der Waals surface area contributed by atoms with Crippen LogP contribution in [0.5, 0.6) is 0 Å². The number of anilines is 1. The van der Waals surface area contributed by atoms with Crippen molar-refractivity contribution in [3.63, 3.8) is 0 Å². The molecule has 144 valence electrons. The van der Waals surface area contributed by atoms with Crippen molar-refractivity contribution in [1.82, 2.24) is 14.5 Å². The van der Waals surface area contributed by atoms with Crippen LogP contribution in [0.4, 0.5) is 5.69 Å². The fourth-order valence-corrected chi connectivity index (χ4v) is 3.68. The number of piperazine rings is 1. The van der Waals surface area contributed by atoms with Crippen LogP contribution >= 0.6 is 0 Å². The quantitative estimate of drug-likeness (QED) is 0.643. The summed E-state index contributed by atoms with van der Waals surface area (Å²) in [6, 6.07) is 15.7. The maximum Gasteiger partial charge on any atom is 0.224 e. The van der Waals surface area contributed by atoms with Gasteiger partial charge in [0.25, 0.3) is 0 Å². The Morgan fingerprint density at radius 1 is 0.964 bits per heavy atom. The molecule has 28 heavy (non-hydrogen) atoms. The van der Waals surface area contributed by atoms with Crippen molar-refractivity contribution in [1.29, 1.82) is 0 Å². The maximum atomic E-state index is 12.6. The van der Waals surface area contributed by atoms with Gasteiger partial charge < -0.3 is 14.4 Å². The summed E-state index contributed by atoms with van der Waals surface area (Å²) in [5.74, 6) is 0.261. The number of aromatic nitrogens is 2. The minimum absolute atomic E-state index is 0.0765. The molecule has 2 aromatic carbocycles. The Hall–Kier alpha value is -3.15. The predicted molar refractivity (Wildman–Crippen MR) is 110 cm³/mol. The topological polar surface area (TPSA) is 58.4 Å². The van der Waals surface area contributed by atoms with E-state index in [1.54, 1.807) is 13.3 Å². The summed E-state index contributed by atoms with van der Waals surface area (Å²) < 4.78 is 2.04. The Morgan fingerprint density at radius 2 is 1.68 bits per heavy atom. The molecule has 0 radical (unpaired) electrons. The first kappa shape index (κ1) is 18.2. The van der Waals surface area contributed by atoms with Crippen molar-refractivity contribution in [2.24, 2.45) is 0 Å². The molecule has 1 aliphatic heterocycles. The lowest BCUT2D eigenvalue weighted by Crippen LogP contribution is -2.48. The number of benzene rings is 2. The molecular formula is C22H24N4O2. The average molecular weight is 376 g/mol. The SMILES string of the molecule is CC(=O)c1ccc(N2CCN(C(=O)CCn3cnc4ccccc43)CC2)cc1. The van der Waals surface area contributed by atoms with Crippen LogP contribution in [0.15, 0.2) is 54.9 Å². The first-order chi connectivity index (χ1) is 13.6. The van der Waals surface area contributed by atoms with E-state index in [4.69, 9.17) is 0 Å². The molecule has 0 atom stereocenters. The van der Waals surface area contributed by atoms with Crippen molar-refractivity contribution < 1.29 is 9.59 Å². The summed E-state index contributed by atoms with van der Waals surface area (Å²) in [6.07, 6.45) is 2.29. The van der Waals surface area contributed by atoms with Crippen LogP contribution in [0.25, 0.3) is 11.0 Å². The normalized spacial score (nSPS) is 14.5. The minimum Gasteiger partial charge on any atom is -0.368 e. The zero-order valence-corrected chi connectivity index (χ0v) is 16.0. The van der Waals surface area contributed by atoms with E-state index in [0.717, 1.165) is 48.5 Å². The number of nitrogens with zero attached hydrogens (tertiary/aromatic N) is 4. The smallest absolute Gasteiger partial charge is 0.224 e. The molecule has 1 amide bonds. The van der Waals surface area contributed by atoms with Crippen LogP contribution in [-0.2, 0) is 11.3 Å². The zero-order chi connectivity index (χ0) is 19.5. The van der Waals surface area contributed by atoms with Gasteiger partial charge in [-0.3, -0.25) is 9.59 Å². The molecule has 1 aliphatic rings. The van der Waals surface area contributed by atoms with E-state index in [0.29, 0.717) is 13.0 Å². The number of rotatable bonds is 5. The Balaban J connectivity index is 1.30. The van der Waals surface area contributed by atoms with Gasteiger partial charge in [-0.15, -0.1) is 0 Å². The molecule has 4 rings (SSSR count). The summed E-state index contributed by atoms with van der Waals surface area (Å²) >= 11 is 0. The Bertz CT molecular complexity index is 985. The van der Waals surface area contributed by atoms with Crippen LogP contribution < -0.4 is 4.90 Å². The number of Topliss-reactive ketones (excluding diaryl/α,β-unsaturated/α-hetero) is 1. The molecule has 0 saturated carbocycles. The number of ketones is 1. The zero-order valence-electron chi connectivity index (χ0n) is 16.0. The van der Waals surface area contributed by atoms with Gasteiger partial charge in [0.15, 0.2) is 5.78 Å². The summed E-state index contributed by atoms with van der Waals surface area (Å²) in [4.78, 5) is 32.6. The van der Waals surface area contributed by atoms with Crippen molar-refractivity contribution in [3.8, 4) is 0 Å². The van der Waals surface area contributed by atoms with Gasteiger partial charge in [0.1, 0.15) is 0 Å². The highest BCUT2D eigenvalue weighted by Gasteiger charge is 2.21. The van der Waals surface area contributed by atoms with Gasteiger partial charge in [-0.2, -0.15) is 0 Å². The lowest BCUT2D eigenvalue weighted by molar-refractivity contribution is -0.131. The third-order valence-corrected chi connectivity index (χ3v) is 5.37. The summed E-state index contributed by atoms with van der Waals surface area (Å²) in [5.41, 5.74) is 3.85. The van der Waals surface area contributed by atoms with Crippen LogP contribution in [-0.4, -0.2) is 52.3 Å². The van der Waals surface area contributed by atoms with E-state index in [2.05, 4.69) is 9.88 Å². The fraction of sp³-hybridized carbons (Fsp3) is 0.318. The number of fused-ring (bicyclic) bond motifs is 1. The summed E-state index contributed by atoms with van der Waals surface area (Å²) in [5, 5.41) is 0. The average Bonchev–Trinajstić information content (AvgIpc) is 3.15. The van der Waals surface area contributed by atoms with Gasteiger partial charge in [-0.05, 0) is 43.3 Å². The number of amides is 1. The molecule has 6 heteroatoms. The van der Waals surface area contributed by atoms with E-state index in [1.165, 1.54) is 0 Å². The number of carbonyl (C=O) groups excluding carboxylic acids is 2. The third-order valence-electron chi connectivity index (χ3n) is 5.37. The first-order valence-electron chi connectivity index (χ1n) is 9.65. The van der Waals surface area contributed by atoms with Gasteiger partial charge in [0, 0.05) is 50.4 Å². The number of hydrogen-bond donors (Lipinski definition) is 0. The van der Waals surface area contributed by atoms with E-state index in [9.17, 15) is 9.59 Å². The lowest BCUT2D eigenvalue weighted by Gasteiger charge is -2.36. The Morgan fingerprint density at radius 3 is 2.39 bits per heavy atom. The number of imidazole rings is 1. The maximum absolute atomic E-state index is 12.6. The molecule has 3 aromatic rings. The molecule has 6 nitrogen and oxygen atoms in total. The molecule has 1 aromatic heterocycles. The second-order valence-electron chi connectivity index (χ2n) is 7.15. The van der Waals surface area contributed by atoms with Crippen LogP contribution in [0.1, 0.15) is 23.7 Å². The molecular weight excluding hydrogens is 352 g/mol. The Labute approximate surface area is 164 Å². The fourth-order valence-electron chi connectivity index (χ4n) is 3.68. The summed E-state index contributed by atoms with van der Waals surface area (Å²) in [7, 11) is 0. The van der Waals surface area contributed by atoms with Crippen LogP contribution in [0, 0.1) is 0 Å².